The van der Waals surface area contributed by atoms with Gasteiger partial charge in [-0.15, -0.1) is 0 Å². The molecule has 2 aromatic rings. The molecule has 0 aromatic heterocycles. The van der Waals surface area contributed by atoms with Gasteiger partial charge < -0.3 is 19.7 Å². The van der Waals surface area contributed by atoms with Crippen LogP contribution in [-0.2, 0) is 9.53 Å². The summed E-state index contributed by atoms with van der Waals surface area (Å²) >= 11 is 0. The lowest BCUT2D eigenvalue weighted by Gasteiger charge is -2.31. The van der Waals surface area contributed by atoms with E-state index in [-0.39, 0.29) is 17.9 Å². The van der Waals surface area contributed by atoms with Crippen LogP contribution in [0, 0.1) is 5.92 Å². The molecule has 1 aliphatic heterocycles. The number of benzene rings is 2. The van der Waals surface area contributed by atoms with Gasteiger partial charge in [0.2, 0.25) is 5.91 Å². The number of ether oxygens (including phenoxy) is 2. The van der Waals surface area contributed by atoms with Crippen LogP contribution in [0.2, 0.25) is 0 Å². The maximum atomic E-state index is 12.8. The second-order valence-corrected chi connectivity index (χ2v) is 6.38. The van der Waals surface area contributed by atoms with Gasteiger partial charge in [-0.3, -0.25) is 4.79 Å². The highest BCUT2D eigenvalue weighted by Crippen LogP contribution is 2.30. The summed E-state index contributed by atoms with van der Waals surface area (Å²) in [6, 6.07) is 16.7. The van der Waals surface area contributed by atoms with Crippen LogP contribution in [0.3, 0.4) is 0 Å². The number of anilines is 1. The molecule has 1 saturated heterocycles. The molecule has 142 valence electrons. The average Bonchev–Trinajstić information content (AvgIpc) is 2.70. The normalized spacial score (nSPS) is 16.5. The van der Waals surface area contributed by atoms with Crippen LogP contribution in [0.25, 0.3) is 0 Å². The highest BCUT2D eigenvalue weighted by Gasteiger charge is 2.29. The molecule has 0 aliphatic carbocycles. The van der Waals surface area contributed by atoms with E-state index in [1.54, 1.807) is 11.8 Å². The van der Waals surface area contributed by atoms with Crippen molar-refractivity contribution >= 4 is 17.7 Å². The first kappa shape index (κ1) is 18.8. The van der Waals surface area contributed by atoms with Crippen molar-refractivity contribution in [1.82, 2.24) is 4.90 Å². The van der Waals surface area contributed by atoms with Crippen LogP contribution < -0.4 is 10.1 Å². The van der Waals surface area contributed by atoms with E-state index in [0.29, 0.717) is 36.9 Å². The van der Waals surface area contributed by atoms with Crippen molar-refractivity contribution in [2.24, 2.45) is 5.92 Å². The lowest BCUT2D eigenvalue weighted by Crippen LogP contribution is -2.44. The Morgan fingerprint density at radius 2 is 1.85 bits per heavy atom. The highest BCUT2D eigenvalue weighted by molar-refractivity contribution is 5.94. The molecule has 1 fully saturated rings. The Morgan fingerprint density at radius 3 is 2.63 bits per heavy atom. The maximum absolute atomic E-state index is 12.8. The molecule has 2 amide bonds. The smallest absolute Gasteiger partial charge is 0.409 e. The number of likely N-dealkylation sites (tertiary alicyclic amines) is 1. The fraction of sp³-hybridized carbons (Fsp3) is 0.333. The molecular weight excluding hydrogens is 344 g/mol. The Bertz CT molecular complexity index is 779. The van der Waals surface area contributed by atoms with Gasteiger partial charge in [-0.25, -0.2) is 4.79 Å². The first-order chi connectivity index (χ1) is 13.2. The van der Waals surface area contributed by atoms with Crippen LogP contribution in [0.4, 0.5) is 10.5 Å². The molecule has 27 heavy (non-hydrogen) atoms. The van der Waals surface area contributed by atoms with Gasteiger partial charge in [-0.2, -0.15) is 0 Å². The summed E-state index contributed by atoms with van der Waals surface area (Å²) in [6.07, 6.45) is 1.16. The fourth-order valence-corrected chi connectivity index (χ4v) is 3.08. The van der Waals surface area contributed by atoms with Gasteiger partial charge in [0.15, 0.2) is 5.75 Å². The zero-order valence-corrected chi connectivity index (χ0v) is 15.4. The van der Waals surface area contributed by atoms with Crippen molar-refractivity contribution in [3.8, 4) is 11.5 Å². The minimum atomic E-state index is -0.359. The van der Waals surface area contributed by atoms with Gasteiger partial charge in [0.05, 0.1) is 18.2 Å². The predicted octanol–water partition coefficient (Wildman–Crippen LogP) is 4.29. The Morgan fingerprint density at radius 1 is 1.11 bits per heavy atom. The largest absolute Gasteiger partial charge is 0.455 e. The van der Waals surface area contributed by atoms with Gasteiger partial charge in [0.25, 0.3) is 0 Å². The van der Waals surface area contributed by atoms with Gasteiger partial charge in [0.1, 0.15) is 5.75 Å². The van der Waals surface area contributed by atoms with Crippen LogP contribution in [-0.4, -0.2) is 36.6 Å². The van der Waals surface area contributed by atoms with E-state index >= 15 is 0 Å². The zero-order chi connectivity index (χ0) is 19.1. The summed E-state index contributed by atoms with van der Waals surface area (Å²) in [4.78, 5) is 26.3. The molecular formula is C21H24N2O4. The van der Waals surface area contributed by atoms with E-state index in [9.17, 15) is 9.59 Å². The molecule has 1 N–H and O–H groups in total. The van der Waals surface area contributed by atoms with Crippen molar-refractivity contribution in [2.45, 2.75) is 19.8 Å². The predicted molar refractivity (Wildman–Crippen MR) is 103 cm³/mol. The number of nitrogens with zero attached hydrogens (tertiary/aromatic N) is 1. The minimum absolute atomic E-state index is 0.117. The Labute approximate surface area is 159 Å². The SMILES string of the molecule is CCOC(=O)N1CCCC(C(=O)Nc2ccccc2Oc2ccccc2)C1. The van der Waals surface area contributed by atoms with Crippen LogP contribution in [0.5, 0.6) is 11.5 Å². The molecule has 6 nitrogen and oxygen atoms in total. The topological polar surface area (TPSA) is 67.9 Å². The van der Waals surface area contributed by atoms with Crippen molar-refractivity contribution in [2.75, 3.05) is 25.0 Å². The third kappa shape index (κ3) is 5.00. The number of rotatable bonds is 5. The van der Waals surface area contributed by atoms with E-state index in [1.807, 2.05) is 54.6 Å². The van der Waals surface area contributed by atoms with E-state index in [1.165, 1.54) is 0 Å². The fourth-order valence-electron chi connectivity index (χ4n) is 3.08. The van der Waals surface area contributed by atoms with E-state index in [2.05, 4.69) is 5.32 Å². The average molecular weight is 368 g/mol. The summed E-state index contributed by atoms with van der Waals surface area (Å²) in [7, 11) is 0. The van der Waals surface area contributed by atoms with Gasteiger partial charge >= 0.3 is 6.09 Å². The Balaban J connectivity index is 1.66. The number of hydrogen-bond acceptors (Lipinski definition) is 4. The van der Waals surface area contributed by atoms with Crippen LogP contribution in [0.15, 0.2) is 54.6 Å². The second-order valence-electron chi connectivity index (χ2n) is 6.38. The van der Waals surface area contributed by atoms with Crippen molar-refractivity contribution in [3.63, 3.8) is 0 Å². The molecule has 0 radical (unpaired) electrons. The summed E-state index contributed by atoms with van der Waals surface area (Å²) in [5.74, 6) is 0.890. The number of hydrogen-bond donors (Lipinski definition) is 1. The number of carbonyl (C=O) groups excluding carboxylic acids is 2. The van der Waals surface area contributed by atoms with Gasteiger partial charge in [0, 0.05) is 13.1 Å². The van der Waals surface area contributed by atoms with Crippen molar-refractivity contribution in [3.05, 3.63) is 54.6 Å². The van der Waals surface area contributed by atoms with Crippen LogP contribution in [0.1, 0.15) is 19.8 Å². The highest BCUT2D eigenvalue weighted by atomic mass is 16.6. The molecule has 6 heteroatoms. The standard InChI is InChI=1S/C21H24N2O4/c1-2-26-21(25)23-14-8-9-16(15-23)20(24)22-18-12-6-7-13-19(18)27-17-10-4-3-5-11-17/h3-7,10-13,16H,2,8-9,14-15H2,1H3,(H,22,24). The van der Waals surface area contributed by atoms with E-state index < -0.39 is 0 Å². The monoisotopic (exact) mass is 368 g/mol. The van der Waals surface area contributed by atoms with E-state index in [4.69, 9.17) is 9.47 Å². The Kier molecular flexibility index (Phi) is 6.30. The van der Waals surface area contributed by atoms with Crippen LogP contribution >= 0.6 is 0 Å². The van der Waals surface area contributed by atoms with Crippen molar-refractivity contribution in [1.29, 1.82) is 0 Å². The summed E-state index contributed by atoms with van der Waals surface area (Å²) in [6.45, 7) is 3.09. The number of para-hydroxylation sites is 3. The number of carbonyl (C=O) groups is 2. The molecule has 1 unspecified atom stereocenters. The lowest BCUT2D eigenvalue weighted by molar-refractivity contribution is -0.121. The lowest BCUT2D eigenvalue weighted by atomic mass is 9.97. The number of piperidine rings is 1. The second kappa shape index (κ2) is 9.07. The molecule has 3 rings (SSSR count). The van der Waals surface area contributed by atoms with Gasteiger partial charge in [-0.05, 0) is 44.0 Å². The molecule has 0 bridgehead atoms. The van der Waals surface area contributed by atoms with Crippen molar-refractivity contribution < 1.29 is 19.1 Å². The zero-order valence-electron chi connectivity index (χ0n) is 15.4. The Hall–Kier alpha value is -3.02. The third-order valence-corrected chi connectivity index (χ3v) is 4.43. The number of amides is 2. The maximum Gasteiger partial charge on any atom is 0.409 e. The molecule has 2 aromatic carbocycles. The third-order valence-electron chi connectivity index (χ3n) is 4.43. The first-order valence-corrected chi connectivity index (χ1v) is 9.22. The summed E-state index contributed by atoms with van der Waals surface area (Å²) in [5, 5.41) is 2.95. The first-order valence-electron chi connectivity index (χ1n) is 9.22. The van der Waals surface area contributed by atoms with Gasteiger partial charge in [-0.1, -0.05) is 30.3 Å². The molecule has 0 spiro atoms. The molecule has 0 saturated carbocycles. The molecule has 1 heterocycles. The summed E-state index contributed by atoms with van der Waals surface area (Å²) in [5.41, 5.74) is 0.611. The number of nitrogens with one attached hydrogen (secondary N) is 1. The molecule has 1 atom stereocenters. The molecule has 1 aliphatic rings. The summed E-state index contributed by atoms with van der Waals surface area (Å²) < 4.78 is 10.9. The minimum Gasteiger partial charge on any atom is -0.455 e. The van der Waals surface area contributed by atoms with E-state index in [0.717, 1.165) is 12.8 Å². The quantitative estimate of drug-likeness (QED) is 0.855.